The maximum atomic E-state index is 13.7. The molecule has 2 atom stereocenters. The van der Waals surface area contributed by atoms with Gasteiger partial charge in [0.2, 0.25) is 0 Å². The number of halogens is 9. The molecule has 0 saturated carbocycles. The number of benzene rings is 3. The fraction of sp³-hybridized carbons (Fsp3) is 0.333. The van der Waals surface area contributed by atoms with Gasteiger partial charge in [0.05, 0.1) is 35.5 Å². The van der Waals surface area contributed by atoms with E-state index in [-0.39, 0.29) is 30.3 Å². The first-order valence-corrected chi connectivity index (χ1v) is 13.2. The molecule has 3 aromatic rings. The van der Waals surface area contributed by atoms with Crippen LogP contribution < -0.4 is 4.90 Å². The summed E-state index contributed by atoms with van der Waals surface area (Å²) in [6.45, 7) is 0.392. The van der Waals surface area contributed by atoms with E-state index in [1.165, 1.54) is 6.92 Å². The predicted octanol–water partition coefficient (Wildman–Crippen LogP) is 8.99. The minimum Gasteiger partial charge on any atom is -0.453 e. The van der Waals surface area contributed by atoms with Gasteiger partial charge in [0, 0.05) is 12.6 Å². The van der Waals surface area contributed by atoms with E-state index in [1.54, 1.807) is 30.3 Å². The quantitative estimate of drug-likeness (QED) is 0.259. The van der Waals surface area contributed by atoms with Crippen LogP contribution in [0, 0.1) is 0 Å². The lowest BCUT2D eigenvalue weighted by atomic mass is 9.89. The molecule has 0 aliphatic carbocycles. The van der Waals surface area contributed by atoms with Crippen LogP contribution in [0.25, 0.3) is 0 Å². The lowest BCUT2D eigenvalue weighted by Gasteiger charge is -2.42. The van der Waals surface area contributed by atoms with Crippen LogP contribution >= 0.6 is 0 Å². The van der Waals surface area contributed by atoms with Gasteiger partial charge in [-0.15, -0.1) is 0 Å². The van der Waals surface area contributed by atoms with Crippen LogP contribution in [-0.4, -0.2) is 30.2 Å². The second-order valence-corrected chi connectivity index (χ2v) is 10.3. The summed E-state index contributed by atoms with van der Waals surface area (Å²) in [5, 5.41) is 0. The molecule has 2 amide bonds. The Morgan fingerprint density at radius 3 is 1.91 bits per heavy atom. The number of carbonyl (C=O) groups excluding carboxylic acids is 2. The summed E-state index contributed by atoms with van der Waals surface area (Å²) in [6.07, 6.45) is -17.5. The number of hydrogen-bond acceptors (Lipinski definition) is 4. The number of carbonyl (C=O) groups is 2. The topological polar surface area (TPSA) is 59.1 Å². The number of ether oxygens (including phenoxy) is 2. The van der Waals surface area contributed by atoms with Crippen molar-refractivity contribution in [2.45, 2.75) is 57.1 Å². The molecule has 3 aromatic carbocycles. The molecule has 0 fully saturated rings. The van der Waals surface area contributed by atoms with Crippen LogP contribution in [0.2, 0.25) is 0 Å². The number of hydrogen-bond donors (Lipinski definition) is 0. The number of methoxy groups -OCH3 is 1. The second kappa shape index (κ2) is 12.5. The Labute approximate surface area is 250 Å². The fourth-order valence-corrected chi connectivity index (χ4v) is 5.09. The zero-order valence-electron chi connectivity index (χ0n) is 23.6. The Balaban J connectivity index is 1.78. The van der Waals surface area contributed by atoms with E-state index >= 15 is 0 Å². The molecular weight excluding hydrogens is 623 g/mol. The summed E-state index contributed by atoms with van der Waals surface area (Å²) in [7, 11) is 0.926. The number of fused-ring (bicyclic) bond motifs is 1. The van der Waals surface area contributed by atoms with Gasteiger partial charge in [-0.3, -0.25) is 9.80 Å². The molecule has 0 spiro atoms. The van der Waals surface area contributed by atoms with Crippen molar-refractivity contribution in [3.63, 3.8) is 0 Å². The van der Waals surface area contributed by atoms with Crippen molar-refractivity contribution in [1.82, 2.24) is 4.90 Å². The number of amides is 2. The summed E-state index contributed by atoms with van der Waals surface area (Å²) in [4.78, 5) is 28.0. The van der Waals surface area contributed by atoms with Crippen molar-refractivity contribution >= 4 is 17.9 Å². The van der Waals surface area contributed by atoms with Gasteiger partial charge in [-0.1, -0.05) is 36.4 Å². The van der Waals surface area contributed by atoms with E-state index in [1.807, 2.05) is 0 Å². The molecule has 45 heavy (non-hydrogen) atoms. The van der Waals surface area contributed by atoms with Crippen LogP contribution in [0.4, 0.5) is 54.8 Å². The third kappa shape index (κ3) is 7.63. The highest BCUT2D eigenvalue weighted by molar-refractivity contribution is 5.90. The minimum absolute atomic E-state index is 0.0359. The SMILES string of the molecule is COC(=O)N(Cc1cc(C(F)(F)F)cc(C(F)(F)F)c1)C1CC(C)N(C(=O)OCc2ccccc2)c2cc(C(F)(F)F)ccc21. The van der Waals surface area contributed by atoms with E-state index < -0.39 is 71.6 Å². The van der Waals surface area contributed by atoms with Gasteiger partial charge in [-0.05, 0) is 60.4 Å². The van der Waals surface area contributed by atoms with Gasteiger partial charge in [0.1, 0.15) is 6.61 Å². The van der Waals surface area contributed by atoms with Gasteiger partial charge >= 0.3 is 30.7 Å². The van der Waals surface area contributed by atoms with Crippen molar-refractivity contribution in [3.05, 3.63) is 100 Å². The summed E-state index contributed by atoms with van der Waals surface area (Å²) in [5.74, 6) is 0. The van der Waals surface area contributed by atoms with Gasteiger partial charge < -0.3 is 9.47 Å². The Morgan fingerprint density at radius 1 is 0.800 bits per heavy atom. The number of anilines is 1. The van der Waals surface area contributed by atoms with Crippen molar-refractivity contribution in [2.24, 2.45) is 0 Å². The average molecular weight is 649 g/mol. The molecular formula is C30H25F9N2O4. The van der Waals surface area contributed by atoms with Gasteiger partial charge in [-0.25, -0.2) is 9.59 Å². The van der Waals surface area contributed by atoms with Crippen molar-refractivity contribution < 1.29 is 58.6 Å². The highest BCUT2D eigenvalue weighted by Gasteiger charge is 2.42. The summed E-state index contributed by atoms with van der Waals surface area (Å²) >= 11 is 0. The lowest BCUT2D eigenvalue weighted by molar-refractivity contribution is -0.143. The van der Waals surface area contributed by atoms with E-state index in [0.29, 0.717) is 29.8 Å². The van der Waals surface area contributed by atoms with Crippen LogP contribution in [-0.2, 0) is 41.2 Å². The fourth-order valence-electron chi connectivity index (χ4n) is 5.09. The smallest absolute Gasteiger partial charge is 0.416 e. The monoisotopic (exact) mass is 648 g/mol. The molecule has 1 aliphatic heterocycles. The normalized spacial score (nSPS) is 17.0. The maximum Gasteiger partial charge on any atom is 0.416 e. The largest absolute Gasteiger partial charge is 0.453 e. The summed E-state index contributed by atoms with van der Waals surface area (Å²) in [5.41, 5.74) is -4.69. The highest BCUT2D eigenvalue weighted by atomic mass is 19.4. The molecule has 0 saturated heterocycles. The van der Waals surface area contributed by atoms with Crippen LogP contribution in [0.1, 0.15) is 52.8 Å². The van der Waals surface area contributed by atoms with Crippen molar-refractivity contribution in [1.29, 1.82) is 0 Å². The predicted molar refractivity (Wildman–Crippen MR) is 142 cm³/mol. The summed E-state index contributed by atoms with van der Waals surface area (Å²) < 4.78 is 132. The zero-order valence-corrected chi connectivity index (χ0v) is 23.6. The molecule has 1 heterocycles. The average Bonchev–Trinajstić information content (AvgIpc) is 2.96. The minimum atomic E-state index is -5.16. The van der Waals surface area contributed by atoms with Crippen molar-refractivity contribution in [2.75, 3.05) is 12.0 Å². The van der Waals surface area contributed by atoms with Gasteiger partial charge in [0.15, 0.2) is 0 Å². The molecule has 4 rings (SSSR count). The highest BCUT2D eigenvalue weighted by Crippen LogP contribution is 2.45. The first-order valence-electron chi connectivity index (χ1n) is 13.2. The Kier molecular flexibility index (Phi) is 9.31. The van der Waals surface area contributed by atoms with E-state index in [4.69, 9.17) is 9.47 Å². The Morgan fingerprint density at radius 2 is 1.38 bits per heavy atom. The lowest BCUT2D eigenvalue weighted by Crippen LogP contribution is -2.47. The number of alkyl halides is 9. The molecule has 0 aromatic heterocycles. The van der Waals surface area contributed by atoms with Crippen LogP contribution in [0.15, 0.2) is 66.7 Å². The molecule has 6 nitrogen and oxygen atoms in total. The molecule has 15 heteroatoms. The zero-order chi connectivity index (χ0) is 33.3. The molecule has 2 unspecified atom stereocenters. The number of rotatable bonds is 5. The van der Waals surface area contributed by atoms with E-state index in [2.05, 4.69) is 0 Å². The van der Waals surface area contributed by atoms with Crippen molar-refractivity contribution in [3.8, 4) is 0 Å². The van der Waals surface area contributed by atoms with E-state index in [0.717, 1.165) is 23.0 Å². The Bertz CT molecular complexity index is 1510. The summed E-state index contributed by atoms with van der Waals surface area (Å²) in [6, 6.07) is 9.41. The third-order valence-corrected chi connectivity index (χ3v) is 7.17. The number of nitrogens with zero attached hydrogens (tertiary/aromatic N) is 2. The van der Waals surface area contributed by atoms with Crippen LogP contribution in [0.5, 0.6) is 0 Å². The molecule has 0 bridgehead atoms. The first-order chi connectivity index (χ1) is 20.9. The first kappa shape index (κ1) is 33.5. The molecule has 242 valence electrons. The van der Waals surface area contributed by atoms with Crippen LogP contribution in [0.3, 0.4) is 0 Å². The molecule has 1 aliphatic rings. The third-order valence-electron chi connectivity index (χ3n) is 7.17. The van der Waals surface area contributed by atoms with Gasteiger partial charge in [-0.2, -0.15) is 39.5 Å². The van der Waals surface area contributed by atoms with Gasteiger partial charge in [0.25, 0.3) is 0 Å². The second-order valence-electron chi connectivity index (χ2n) is 10.3. The maximum absolute atomic E-state index is 13.7. The Hall–Kier alpha value is -4.43. The standard InChI is InChI=1S/C30H25F9N2O4/c1-17-10-24(40(26(42)44-2)15-19-11-21(29(34,35)36)13-22(12-19)30(37,38)39)23-9-8-20(28(31,32)33)14-25(23)41(17)27(43)45-16-18-6-4-3-5-7-18/h3-9,11-14,17,24H,10,15-16H2,1-2H3. The van der Waals surface area contributed by atoms with E-state index in [9.17, 15) is 49.1 Å². The molecule has 0 N–H and O–H groups in total. The molecule has 0 radical (unpaired) electrons.